The third-order valence-corrected chi connectivity index (χ3v) is 9.50. The van der Waals surface area contributed by atoms with E-state index in [0.717, 1.165) is 64.1 Å². The summed E-state index contributed by atoms with van der Waals surface area (Å²) in [6.45, 7) is 0.629. The van der Waals surface area contributed by atoms with Crippen molar-refractivity contribution in [2.24, 2.45) is 0 Å². The van der Waals surface area contributed by atoms with Gasteiger partial charge in [0.25, 0.3) is 0 Å². The molecule has 34 heavy (non-hydrogen) atoms. The van der Waals surface area contributed by atoms with E-state index in [0.29, 0.717) is 18.0 Å². The summed E-state index contributed by atoms with van der Waals surface area (Å²) in [7, 11) is -2.63. The van der Waals surface area contributed by atoms with E-state index in [1.165, 1.54) is 17.5 Å². The molecule has 2 aromatic heterocycles. The third kappa shape index (κ3) is 4.09. The van der Waals surface area contributed by atoms with Gasteiger partial charge in [-0.2, -0.15) is 4.31 Å². The Bertz CT molecular complexity index is 1410. The first-order valence-corrected chi connectivity index (χ1v) is 13.7. The van der Waals surface area contributed by atoms with Crippen LogP contribution in [0.25, 0.3) is 5.57 Å². The number of carbonyl (C=O) groups is 1. The number of fused-ring (bicyclic) bond motifs is 2. The molecule has 3 aromatic rings. The number of carbonyl (C=O) groups excluding carboxylic acids is 1. The summed E-state index contributed by atoms with van der Waals surface area (Å²) in [6.07, 6.45) is 4.91. The Labute approximate surface area is 207 Å². The van der Waals surface area contributed by atoms with Crippen LogP contribution in [0, 0.1) is 0 Å². The van der Waals surface area contributed by atoms with Crippen molar-refractivity contribution < 1.29 is 17.9 Å². The Hall–Kier alpha value is -2.52. The van der Waals surface area contributed by atoms with Crippen molar-refractivity contribution in [2.75, 3.05) is 20.2 Å². The highest BCUT2D eigenvalue weighted by atomic mass is 35.5. The van der Waals surface area contributed by atoms with Crippen LogP contribution in [0.3, 0.4) is 0 Å². The number of aryl methyl sites for hydroxylation is 2. The fourth-order valence-corrected chi connectivity index (χ4v) is 7.74. The topological polar surface area (TPSA) is 76.6 Å². The average Bonchev–Trinajstić information content (AvgIpc) is 3.29. The molecule has 176 valence electrons. The van der Waals surface area contributed by atoms with E-state index in [1.807, 2.05) is 24.3 Å². The Kier molecular flexibility index (Phi) is 6.33. The van der Waals surface area contributed by atoms with Gasteiger partial charge in [0.2, 0.25) is 10.0 Å². The van der Waals surface area contributed by atoms with E-state index < -0.39 is 16.0 Å². The molecule has 1 aromatic carbocycles. The van der Waals surface area contributed by atoms with Crippen molar-refractivity contribution in [3.05, 3.63) is 85.8 Å². The normalized spacial score (nSPS) is 18.6. The smallest absolute Gasteiger partial charge is 0.349 e. The van der Waals surface area contributed by atoms with Crippen LogP contribution in [0.4, 0.5) is 0 Å². The predicted octanol–water partition coefficient (Wildman–Crippen LogP) is 4.97. The zero-order valence-corrected chi connectivity index (χ0v) is 21.0. The number of ether oxygens (including phenoxy) is 1. The lowest BCUT2D eigenvalue weighted by Crippen LogP contribution is -2.37. The van der Waals surface area contributed by atoms with Crippen LogP contribution in [0.5, 0.6) is 0 Å². The molecule has 3 heterocycles. The molecule has 0 bridgehead atoms. The fourth-order valence-electron chi connectivity index (χ4n) is 4.76. The van der Waals surface area contributed by atoms with Crippen LogP contribution in [-0.4, -0.2) is 43.9 Å². The molecule has 1 aliphatic heterocycles. The SMILES string of the molecule is COC(=O)c1sccc1S(=O)(=O)N1CCC/C(=C2/c3ccc(Cl)cc3CCc3cccnc32)C1. The highest BCUT2D eigenvalue weighted by Gasteiger charge is 2.34. The van der Waals surface area contributed by atoms with Gasteiger partial charge in [-0.15, -0.1) is 11.3 Å². The predicted molar refractivity (Wildman–Crippen MR) is 133 cm³/mol. The first kappa shape index (κ1) is 23.2. The van der Waals surface area contributed by atoms with Crippen LogP contribution < -0.4 is 0 Å². The minimum atomic E-state index is -3.88. The number of piperidine rings is 1. The molecule has 0 unspecified atom stereocenters. The number of methoxy groups -OCH3 is 1. The summed E-state index contributed by atoms with van der Waals surface area (Å²) in [5.41, 5.74) is 6.26. The van der Waals surface area contributed by atoms with Gasteiger partial charge in [-0.05, 0) is 77.6 Å². The van der Waals surface area contributed by atoms with Crippen LogP contribution in [0.2, 0.25) is 5.02 Å². The number of rotatable bonds is 3. The van der Waals surface area contributed by atoms with Crippen molar-refractivity contribution in [1.29, 1.82) is 0 Å². The molecule has 0 amide bonds. The molecule has 1 fully saturated rings. The standard InChI is InChI=1S/C25H23ClN2O4S2/c1-32-25(29)24-21(10-13-33-24)34(30,31)28-12-3-5-18(15-28)22-20-9-8-19(26)14-17(20)7-6-16-4-2-11-27-23(16)22/h2,4,8-11,13-14H,3,5-7,12,15H2,1H3/b22-18+. The number of aromatic nitrogens is 1. The van der Waals surface area contributed by atoms with Crippen LogP contribution in [0.1, 0.15) is 44.9 Å². The molecule has 0 spiro atoms. The van der Waals surface area contributed by atoms with Crippen molar-refractivity contribution >= 4 is 44.5 Å². The minimum absolute atomic E-state index is 0.00201. The first-order valence-electron chi connectivity index (χ1n) is 11.0. The van der Waals surface area contributed by atoms with E-state index in [9.17, 15) is 13.2 Å². The molecule has 6 nitrogen and oxygen atoms in total. The van der Waals surface area contributed by atoms with Gasteiger partial charge in [0.05, 0.1) is 12.8 Å². The summed E-state index contributed by atoms with van der Waals surface area (Å²) < 4.78 is 33.4. The lowest BCUT2D eigenvalue weighted by Gasteiger charge is -2.30. The van der Waals surface area contributed by atoms with E-state index in [-0.39, 0.29) is 16.3 Å². The van der Waals surface area contributed by atoms with E-state index in [2.05, 4.69) is 6.07 Å². The Morgan fingerprint density at radius 2 is 1.97 bits per heavy atom. The zero-order chi connectivity index (χ0) is 23.9. The monoisotopic (exact) mass is 514 g/mol. The third-order valence-electron chi connectivity index (χ3n) is 6.35. The van der Waals surface area contributed by atoms with E-state index in [4.69, 9.17) is 21.3 Å². The van der Waals surface area contributed by atoms with Gasteiger partial charge in [0.1, 0.15) is 9.77 Å². The molecule has 0 N–H and O–H groups in total. The number of nitrogens with zero attached hydrogens (tertiary/aromatic N) is 2. The van der Waals surface area contributed by atoms with Crippen molar-refractivity contribution in [3.63, 3.8) is 0 Å². The quantitative estimate of drug-likeness (QED) is 0.461. The van der Waals surface area contributed by atoms with E-state index in [1.54, 1.807) is 11.6 Å². The molecule has 1 saturated heterocycles. The van der Waals surface area contributed by atoms with E-state index >= 15 is 0 Å². The summed E-state index contributed by atoms with van der Waals surface area (Å²) in [5.74, 6) is -0.642. The van der Waals surface area contributed by atoms with Crippen LogP contribution in [-0.2, 0) is 27.6 Å². The molecule has 2 aliphatic rings. The number of halogens is 1. The highest BCUT2D eigenvalue weighted by Crippen LogP contribution is 2.39. The van der Waals surface area contributed by atoms with Crippen LogP contribution in [0.15, 0.2) is 58.4 Å². The molecule has 0 radical (unpaired) electrons. The lowest BCUT2D eigenvalue weighted by atomic mass is 9.90. The highest BCUT2D eigenvalue weighted by molar-refractivity contribution is 7.89. The zero-order valence-electron chi connectivity index (χ0n) is 18.6. The Morgan fingerprint density at radius 3 is 2.79 bits per heavy atom. The van der Waals surface area contributed by atoms with Gasteiger partial charge < -0.3 is 4.74 Å². The number of pyridine rings is 1. The maximum Gasteiger partial charge on any atom is 0.349 e. The van der Waals surface area contributed by atoms with Crippen molar-refractivity contribution in [3.8, 4) is 0 Å². The van der Waals surface area contributed by atoms with Crippen molar-refractivity contribution in [1.82, 2.24) is 9.29 Å². The number of hydrogen-bond acceptors (Lipinski definition) is 6. The number of thiophene rings is 1. The second-order valence-electron chi connectivity index (χ2n) is 8.34. The molecule has 0 atom stereocenters. The van der Waals surface area contributed by atoms with Gasteiger partial charge in [-0.1, -0.05) is 23.7 Å². The molecule has 0 saturated carbocycles. The van der Waals surface area contributed by atoms with Gasteiger partial charge in [0.15, 0.2) is 0 Å². The van der Waals surface area contributed by atoms with Gasteiger partial charge in [-0.25, -0.2) is 13.2 Å². The molecular weight excluding hydrogens is 492 g/mol. The fraction of sp³-hybridized carbons (Fsp3) is 0.280. The van der Waals surface area contributed by atoms with Crippen molar-refractivity contribution in [2.45, 2.75) is 30.6 Å². The van der Waals surface area contributed by atoms with Gasteiger partial charge in [0, 0.05) is 29.9 Å². The number of hydrogen-bond donors (Lipinski definition) is 0. The lowest BCUT2D eigenvalue weighted by molar-refractivity contribution is 0.0602. The van der Waals surface area contributed by atoms with Gasteiger partial charge in [-0.3, -0.25) is 4.98 Å². The largest absolute Gasteiger partial charge is 0.465 e. The molecule has 5 rings (SSSR count). The maximum atomic E-state index is 13.6. The maximum absolute atomic E-state index is 13.6. The average molecular weight is 515 g/mol. The summed E-state index contributed by atoms with van der Waals surface area (Å²) in [6, 6.07) is 11.4. The summed E-state index contributed by atoms with van der Waals surface area (Å²) in [5, 5.41) is 2.29. The second kappa shape index (κ2) is 9.26. The molecule has 9 heteroatoms. The summed E-state index contributed by atoms with van der Waals surface area (Å²) >= 11 is 7.38. The first-order chi connectivity index (χ1) is 16.4. The number of esters is 1. The second-order valence-corrected chi connectivity index (χ2v) is 11.6. The Balaban J connectivity index is 1.63. The number of sulfonamides is 1. The molecular formula is C25H23ClN2O4S2. The number of benzene rings is 1. The molecule has 1 aliphatic carbocycles. The minimum Gasteiger partial charge on any atom is -0.465 e. The van der Waals surface area contributed by atoms with Crippen LogP contribution >= 0.6 is 22.9 Å². The van der Waals surface area contributed by atoms with Gasteiger partial charge >= 0.3 is 5.97 Å². The Morgan fingerprint density at radius 1 is 1.15 bits per heavy atom. The summed E-state index contributed by atoms with van der Waals surface area (Å²) in [4.78, 5) is 17.0.